The minimum absolute atomic E-state index is 0. The second kappa shape index (κ2) is 9.75. The topological polar surface area (TPSA) is 47.9 Å². The highest BCUT2D eigenvalue weighted by Gasteiger charge is 2.41. The van der Waals surface area contributed by atoms with Crippen molar-refractivity contribution in [2.24, 2.45) is 10.4 Å². The van der Waals surface area contributed by atoms with E-state index in [1.807, 2.05) is 24.3 Å². The van der Waals surface area contributed by atoms with Gasteiger partial charge in [-0.05, 0) is 49.3 Å². The Morgan fingerprint density at radius 3 is 2.44 bits per heavy atom. The van der Waals surface area contributed by atoms with Gasteiger partial charge in [-0.2, -0.15) is 0 Å². The average Bonchev–Trinajstić information content (AvgIpc) is 3.28. The molecule has 27 heavy (non-hydrogen) atoms. The first-order valence-electron chi connectivity index (χ1n) is 9.87. The molecule has 1 heterocycles. The van der Waals surface area contributed by atoms with Crippen molar-refractivity contribution in [3.05, 3.63) is 35.4 Å². The number of halogens is 1. The Morgan fingerprint density at radius 2 is 1.85 bits per heavy atom. The lowest BCUT2D eigenvalue weighted by atomic mass is 9.86. The third kappa shape index (κ3) is 5.36. The van der Waals surface area contributed by atoms with Crippen LogP contribution in [0.5, 0.6) is 0 Å². The summed E-state index contributed by atoms with van der Waals surface area (Å²) in [6.45, 7) is 5.91. The second-order valence-corrected chi connectivity index (χ2v) is 7.95. The molecule has 0 aromatic heterocycles. The van der Waals surface area contributed by atoms with Crippen LogP contribution in [-0.2, 0) is 6.54 Å². The van der Waals surface area contributed by atoms with Gasteiger partial charge in [-0.15, -0.1) is 24.0 Å². The molecular formula is C21H33IN4O. The van der Waals surface area contributed by atoms with Gasteiger partial charge in [0.1, 0.15) is 0 Å². The van der Waals surface area contributed by atoms with E-state index in [1.54, 1.807) is 19.0 Å². The van der Waals surface area contributed by atoms with Gasteiger partial charge >= 0.3 is 0 Å². The van der Waals surface area contributed by atoms with E-state index in [4.69, 9.17) is 4.99 Å². The molecule has 1 amide bonds. The zero-order chi connectivity index (χ0) is 18.6. The highest BCUT2D eigenvalue weighted by atomic mass is 127. The maximum atomic E-state index is 12.0. The standard InChI is InChI=1S/C21H32N4O.HI/c1-4-22-20(25-14-13-21(16-25)11-5-6-12-21)23-15-17-7-9-18(10-8-17)19(26)24(2)3;/h7-10H,4-6,11-16H2,1-3H3,(H,22,23);1H. The maximum absolute atomic E-state index is 12.0. The van der Waals surface area contributed by atoms with Gasteiger partial charge < -0.3 is 15.1 Å². The number of rotatable bonds is 4. The fourth-order valence-electron chi connectivity index (χ4n) is 4.25. The number of likely N-dealkylation sites (tertiary alicyclic amines) is 1. The van der Waals surface area contributed by atoms with Gasteiger partial charge in [-0.3, -0.25) is 4.79 Å². The van der Waals surface area contributed by atoms with E-state index < -0.39 is 0 Å². The lowest BCUT2D eigenvalue weighted by Crippen LogP contribution is -2.41. The summed E-state index contributed by atoms with van der Waals surface area (Å²) in [7, 11) is 3.55. The molecule has 6 heteroatoms. The van der Waals surface area contributed by atoms with Gasteiger partial charge in [-0.1, -0.05) is 25.0 Å². The van der Waals surface area contributed by atoms with Crippen LogP contribution in [-0.4, -0.2) is 55.4 Å². The van der Waals surface area contributed by atoms with Crippen LogP contribution >= 0.6 is 24.0 Å². The first kappa shape index (κ1) is 22.0. The molecule has 2 aliphatic rings. The Morgan fingerprint density at radius 1 is 1.19 bits per heavy atom. The Labute approximate surface area is 180 Å². The number of hydrogen-bond donors (Lipinski definition) is 1. The number of hydrogen-bond acceptors (Lipinski definition) is 2. The highest BCUT2D eigenvalue weighted by molar-refractivity contribution is 14.0. The van der Waals surface area contributed by atoms with E-state index in [0.29, 0.717) is 12.0 Å². The molecule has 0 radical (unpaired) electrons. The largest absolute Gasteiger partial charge is 0.357 e. The molecule has 1 spiro atoms. The van der Waals surface area contributed by atoms with Crippen molar-refractivity contribution in [1.82, 2.24) is 15.1 Å². The minimum Gasteiger partial charge on any atom is -0.357 e. The molecule has 0 bridgehead atoms. The molecule has 1 aromatic carbocycles. The number of benzene rings is 1. The molecule has 1 aliphatic heterocycles. The normalized spacial score (nSPS) is 18.5. The fraction of sp³-hybridized carbons (Fsp3) is 0.619. The molecule has 0 atom stereocenters. The number of carbonyl (C=O) groups excluding carboxylic acids is 1. The van der Waals surface area contributed by atoms with E-state index in [-0.39, 0.29) is 29.9 Å². The highest BCUT2D eigenvalue weighted by Crippen LogP contribution is 2.45. The van der Waals surface area contributed by atoms with Crippen LogP contribution in [0.2, 0.25) is 0 Å². The number of guanidine groups is 1. The average molecular weight is 484 g/mol. The van der Waals surface area contributed by atoms with Crippen LogP contribution in [0.3, 0.4) is 0 Å². The summed E-state index contributed by atoms with van der Waals surface area (Å²) in [5.74, 6) is 1.07. The zero-order valence-corrected chi connectivity index (χ0v) is 19.2. The lowest BCUT2D eigenvalue weighted by Gasteiger charge is -2.26. The summed E-state index contributed by atoms with van der Waals surface area (Å²) in [4.78, 5) is 20.9. The van der Waals surface area contributed by atoms with Gasteiger partial charge in [0, 0.05) is 39.3 Å². The van der Waals surface area contributed by atoms with E-state index in [9.17, 15) is 4.79 Å². The minimum atomic E-state index is 0. The zero-order valence-electron chi connectivity index (χ0n) is 16.8. The molecule has 1 aliphatic carbocycles. The maximum Gasteiger partial charge on any atom is 0.253 e. The number of amides is 1. The second-order valence-electron chi connectivity index (χ2n) is 7.95. The van der Waals surface area contributed by atoms with Crippen LogP contribution in [0.4, 0.5) is 0 Å². The Bertz CT molecular complexity index is 651. The molecule has 150 valence electrons. The van der Waals surface area contributed by atoms with Crippen molar-refractivity contribution < 1.29 is 4.79 Å². The summed E-state index contributed by atoms with van der Waals surface area (Å²) in [5.41, 5.74) is 2.40. The summed E-state index contributed by atoms with van der Waals surface area (Å²) >= 11 is 0. The molecule has 2 fully saturated rings. The van der Waals surface area contributed by atoms with Crippen molar-refractivity contribution >= 4 is 35.8 Å². The van der Waals surface area contributed by atoms with Crippen LogP contribution in [0.1, 0.15) is 54.9 Å². The van der Waals surface area contributed by atoms with Crippen molar-refractivity contribution in [2.45, 2.75) is 45.6 Å². The SMILES string of the molecule is CCNC(=NCc1ccc(C(=O)N(C)C)cc1)N1CCC2(CCCC2)C1.I. The molecule has 0 unspecified atom stereocenters. The number of nitrogens with zero attached hydrogens (tertiary/aromatic N) is 3. The first-order chi connectivity index (χ1) is 12.5. The molecule has 1 aromatic rings. The van der Waals surface area contributed by atoms with Gasteiger partial charge in [-0.25, -0.2) is 4.99 Å². The molecule has 1 N–H and O–H groups in total. The van der Waals surface area contributed by atoms with Crippen LogP contribution in [0, 0.1) is 5.41 Å². The van der Waals surface area contributed by atoms with Gasteiger partial charge in [0.25, 0.3) is 5.91 Å². The van der Waals surface area contributed by atoms with Crippen LogP contribution in [0.25, 0.3) is 0 Å². The van der Waals surface area contributed by atoms with Gasteiger partial charge in [0.2, 0.25) is 0 Å². The number of nitrogens with one attached hydrogen (secondary N) is 1. The monoisotopic (exact) mass is 484 g/mol. The quantitative estimate of drug-likeness (QED) is 0.403. The van der Waals surface area contributed by atoms with Crippen molar-refractivity contribution in [2.75, 3.05) is 33.7 Å². The predicted molar refractivity (Wildman–Crippen MR) is 122 cm³/mol. The third-order valence-electron chi connectivity index (χ3n) is 5.76. The van der Waals surface area contributed by atoms with E-state index in [1.165, 1.54) is 32.1 Å². The summed E-state index contributed by atoms with van der Waals surface area (Å²) < 4.78 is 0. The first-order valence-corrected chi connectivity index (χ1v) is 9.87. The Kier molecular flexibility index (Phi) is 7.94. The number of carbonyl (C=O) groups is 1. The summed E-state index contributed by atoms with van der Waals surface area (Å²) in [6, 6.07) is 7.80. The predicted octanol–water partition coefficient (Wildman–Crippen LogP) is 3.74. The van der Waals surface area contributed by atoms with Crippen LogP contribution in [0.15, 0.2) is 29.3 Å². The molecule has 3 rings (SSSR count). The van der Waals surface area contributed by atoms with E-state index >= 15 is 0 Å². The Balaban J connectivity index is 0.00000261. The van der Waals surface area contributed by atoms with Gasteiger partial charge in [0.15, 0.2) is 5.96 Å². The third-order valence-corrected chi connectivity index (χ3v) is 5.76. The molecule has 5 nitrogen and oxygen atoms in total. The smallest absolute Gasteiger partial charge is 0.253 e. The van der Waals surface area contributed by atoms with E-state index in [2.05, 4.69) is 17.1 Å². The number of aliphatic imine (C=N–C) groups is 1. The van der Waals surface area contributed by atoms with E-state index in [0.717, 1.165) is 36.7 Å². The summed E-state index contributed by atoms with van der Waals surface area (Å²) in [5, 5.41) is 3.46. The molecule has 1 saturated heterocycles. The van der Waals surface area contributed by atoms with Crippen LogP contribution < -0.4 is 5.32 Å². The molecule has 1 saturated carbocycles. The van der Waals surface area contributed by atoms with Crippen molar-refractivity contribution in [1.29, 1.82) is 0 Å². The molecular weight excluding hydrogens is 451 g/mol. The lowest BCUT2D eigenvalue weighted by molar-refractivity contribution is 0.0827. The van der Waals surface area contributed by atoms with Crippen molar-refractivity contribution in [3.8, 4) is 0 Å². The Hall–Kier alpha value is -1.31. The van der Waals surface area contributed by atoms with Gasteiger partial charge in [0.05, 0.1) is 6.54 Å². The fourth-order valence-corrected chi connectivity index (χ4v) is 4.25. The van der Waals surface area contributed by atoms with Crippen molar-refractivity contribution in [3.63, 3.8) is 0 Å². The summed E-state index contributed by atoms with van der Waals surface area (Å²) in [6.07, 6.45) is 6.84.